The van der Waals surface area contributed by atoms with Crippen LogP contribution in [0.25, 0.3) is 0 Å². The number of quaternary nitrogens is 1. The quantitative estimate of drug-likeness (QED) is 0.481. The van der Waals surface area contributed by atoms with Gasteiger partial charge in [0.15, 0.2) is 17.8 Å². The molecule has 0 saturated heterocycles. The maximum absolute atomic E-state index is 13.3. The molecule has 150 valence electrons. The van der Waals surface area contributed by atoms with Crippen molar-refractivity contribution in [2.45, 2.75) is 12.1 Å². The largest absolute Gasteiger partial charge is 0.463 e. The fourth-order valence-corrected chi connectivity index (χ4v) is 3.45. The molecule has 1 amide bonds. The summed E-state index contributed by atoms with van der Waals surface area (Å²) >= 11 is 0. The number of halogens is 1. The van der Waals surface area contributed by atoms with Crippen LogP contribution in [-0.4, -0.2) is 5.91 Å². The molecule has 0 aliphatic carbocycles. The predicted molar refractivity (Wildman–Crippen MR) is 113 cm³/mol. The topological polar surface area (TPSA) is 58.9 Å². The Morgan fingerprint density at radius 1 is 0.800 bits per heavy atom. The fraction of sp³-hybridized carbons (Fsp3) is 0.0800. The van der Waals surface area contributed by atoms with E-state index in [0.29, 0.717) is 5.69 Å². The zero-order valence-electron chi connectivity index (χ0n) is 16.2. The number of benzene rings is 3. The van der Waals surface area contributed by atoms with Crippen molar-refractivity contribution in [3.05, 3.63) is 126 Å². The van der Waals surface area contributed by atoms with E-state index in [1.807, 2.05) is 78.1 Å². The summed E-state index contributed by atoms with van der Waals surface area (Å²) in [6, 6.07) is 28.3. The van der Waals surface area contributed by atoms with E-state index in [9.17, 15) is 9.18 Å². The van der Waals surface area contributed by atoms with Gasteiger partial charge in [-0.1, -0.05) is 60.7 Å². The van der Waals surface area contributed by atoms with Crippen molar-refractivity contribution < 1.29 is 18.9 Å². The molecular weight excluding hydrogens is 379 g/mol. The summed E-state index contributed by atoms with van der Waals surface area (Å²) in [6.07, 6.45) is 1.63. The maximum atomic E-state index is 13.3. The third-order valence-electron chi connectivity index (χ3n) is 4.95. The zero-order chi connectivity index (χ0) is 20.8. The Morgan fingerprint density at radius 3 is 2.03 bits per heavy atom. The van der Waals surface area contributed by atoms with Gasteiger partial charge in [-0.3, -0.25) is 4.79 Å². The first-order valence-corrected chi connectivity index (χ1v) is 9.75. The lowest BCUT2D eigenvalue weighted by molar-refractivity contribution is -0.715. The van der Waals surface area contributed by atoms with Crippen molar-refractivity contribution in [2.24, 2.45) is 0 Å². The first kappa shape index (κ1) is 19.6. The van der Waals surface area contributed by atoms with Crippen LogP contribution in [0.4, 0.5) is 10.1 Å². The van der Waals surface area contributed by atoms with Gasteiger partial charge in [-0.05, 0) is 36.4 Å². The summed E-state index contributed by atoms with van der Waals surface area (Å²) in [5.41, 5.74) is 2.44. The van der Waals surface area contributed by atoms with Crippen molar-refractivity contribution in [2.75, 3.05) is 5.32 Å². The Bertz CT molecular complexity index is 1070. The van der Waals surface area contributed by atoms with E-state index in [2.05, 4.69) is 5.32 Å². The van der Waals surface area contributed by atoms with Crippen molar-refractivity contribution in [1.82, 2.24) is 0 Å². The SMILES string of the molecule is O=C(Nc1ccc(F)cc1)[C@H]([NH2+][C@H](c1ccccc1)c1ccco1)c1ccccc1. The van der Waals surface area contributed by atoms with Gasteiger partial charge in [0.25, 0.3) is 5.91 Å². The molecular formula is C25H22FN2O2+. The normalized spacial score (nSPS) is 12.8. The minimum absolute atomic E-state index is 0.194. The monoisotopic (exact) mass is 401 g/mol. The van der Waals surface area contributed by atoms with Crippen LogP contribution in [0.1, 0.15) is 29.0 Å². The van der Waals surface area contributed by atoms with Crippen LogP contribution in [0.3, 0.4) is 0 Å². The molecule has 4 nitrogen and oxygen atoms in total. The van der Waals surface area contributed by atoms with Gasteiger partial charge in [0.05, 0.1) is 6.26 Å². The number of nitrogens with one attached hydrogen (secondary N) is 1. The minimum Gasteiger partial charge on any atom is -0.463 e. The van der Waals surface area contributed by atoms with Gasteiger partial charge < -0.3 is 15.1 Å². The van der Waals surface area contributed by atoms with E-state index in [0.717, 1.165) is 16.9 Å². The summed E-state index contributed by atoms with van der Waals surface area (Å²) in [6.45, 7) is 0. The van der Waals surface area contributed by atoms with Gasteiger partial charge in [-0.2, -0.15) is 0 Å². The third kappa shape index (κ3) is 4.64. The highest BCUT2D eigenvalue weighted by molar-refractivity contribution is 5.94. The van der Waals surface area contributed by atoms with E-state index in [-0.39, 0.29) is 17.8 Å². The number of carbonyl (C=O) groups excluding carboxylic acids is 1. The first-order chi connectivity index (χ1) is 14.7. The molecule has 4 rings (SSSR count). The standard InChI is InChI=1S/C25H21FN2O2/c26-20-13-15-21(16-14-20)27-25(29)24(19-10-5-2-6-11-19)28-23(22-12-7-17-30-22)18-8-3-1-4-9-18/h1-17,23-24,28H,(H,27,29)/p+1/t23-,24-/m1/s1. The molecule has 0 saturated carbocycles. The zero-order valence-corrected chi connectivity index (χ0v) is 16.2. The fourth-order valence-electron chi connectivity index (χ4n) is 3.45. The van der Waals surface area contributed by atoms with Crippen LogP contribution in [0.2, 0.25) is 0 Å². The number of furan rings is 1. The summed E-state index contributed by atoms with van der Waals surface area (Å²) in [5, 5.41) is 4.89. The Balaban J connectivity index is 1.66. The highest BCUT2D eigenvalue weighted by Crippen LogP contribution is 2.21. The van der Waals surface area contributed by atoms with Crippen molar-refractivity contribution in [3.8, 4) is 0 Å². The lowest BCUT2D eigenvalue weighted by Gasteiger charge is -2.22. The molecule has 0 bridgehead atoms. The Kier molecular flexibility index (Phi) is 6.01. The highest BCUT2D eigenvalue weighted by atomic mass is 19.1. The summed E-state index contributed by atoms with van der Waals surface area (Å²) in [4.78, 5) is 13.3. The Labute approximate surface area is 174 Å². The van der Waals surface area contributed by atoms with E-state index < -0.39 is 6.04 Å². The molecule has 0 aliphatic rings. The van der Waals surface area contributed by atoms with E-state index in [1.54, 1.807) is 18.4 Å². The summed E-state index contributed by atoms with van der Waals surface area (Å²) in [7, 11) is 0. The predicted octanol–water partition coefficient (Wildman–Crippen LogP) is 4.45. The van der Waals surface area contributed by atoms with E-state index in [4.69, 9.17) is 4.42 Å². The Morgan fingerprint density at radius 2 is 1.43 bits per heavy atom. The van der Waals surface area contributed by atoms with Crippen LogP contribution in [0.15, 0.2) is 108 Å². The van der Waals surface area contributed by atoms with Gasteiger partial charge in [0.2, 0.25) is 0 Å². The number of amides is 1. The molecule has 1 aromatic heterocycles. The van der Waals surface area contributed by atoms with Crippen molar-refractivity contribution in [1.29, 1.82) is 0 Å². The molecule has 1 heterocycles. The highest BCUT2D eigenvalue weighted by Gasteiger charge is 2.31. The van der Waals surface area contributed by atoms with Gasteiger partial charge in [-0.15, -0.1) is 0 Å². The second-order valence-electron chi connectivity index (χ2n) is 6.98. The average Bonchev–Trinajstić information content (AvgIpc) is 3.32. The maximum Gasteiger partial charge on any atom is 0.287 e. The molecule has 0 spiro atoms. The van der Waals surface area contributed by atoms with Gasteiger partial charge >= 0.3 is 0 Å². The van der Waals surface area contributed by atoms with Gasteiger partial charge in [0.1, 0.15) is 5.82 Å². The van der Waals surface area contributed by atoms with Crippen LogP contribution in [0, 0.1) is 5.82 Å². The van der Waals surface area contributed by atoms with E-state index >= 15 is 0 Å². The average molecular weight is 401 g/mol. The smallest absolute Gasteiger partial charge is 0.287 e. The second-order valence-corrected chi connectivity index (χ2v) is 6.98. The number of nitrogens with two attached hydrogens (primary N) is 1. The van der Waals surface area contributed by atoms with Crippen LogP contribution >= 0.6 is 0 Å². The molecule has 0 aliphatic heterocycles. The number of anilines is 1. The lowest BCUT2D eigenvalue weighted by atomic mass is 10.00. The summed E-state index contributed by atoms with van der Waals surface area (Å²) < 4.78 is 18.9. The summed E-state index contributed by atoms with van der Waals surface area (Å²) in [5.74, 6) is 0.221. The van der Waals surface area contributed by atoms with E-state index in [1.165, 1.54) is 12.1 Å². The van der Waals surface area contributed by atoms with Crippen LogP contribution < -0.4 is 10.6 Å². The molecule has 3 aromatic carbocycles. The van der Waals surface area contributed by atoms with Crippen LogP contribution in [-0.2, 0) is 4.79 Å². The van der Waals surface area contributed by atoms with Crippen molar-refractivity contribution >= 4 is 11.6 Å². The minimum atomic E-state index is -0.536. The molecule has 3 N–H and O–H groups in total. The number of hydrogen-bond acceptors (Lipinski definition) is 2. The van der Waals surface area contributed by atoms with Crippen LogP contribution in [0.5, 0.6) is 0 Å². The molecule has 5 heteroatoms. The third-order valence-corrected chi connectivity index (χ3v) is 4.95. The molecule has 0 unspecified atom stereocenters. The molecule has 4 aromatic rings. The second kappa shape index (κ2) is 9.20. The van der Waals surface area contributed by atoms with Gasteiger partial charge in [-0.25, -0.2) is 4.39 Å². The molecule has 0 fully saturated rings. The first-order valence-electron chi connectivity index (χ1n) is 9.75. The molecule has 2 atom stereocenters. The van der Waals surface area contributed by atoms with Crippen molar-refractivity contribution in [3.63, 3.8) is 0 Å². The number of carbonyl (C=O) groups is 1. The van der Waals surface area contributed by atoms with Gasteiger partial charge in [0, 0.05) is 16.8 Å². The molecule has 0 radical (unpaired) electrons. The number of rotatable bonds is 7. The molecule has 30 heavy (non-hydrogen) atoms. The number of hydrogen-bond donors (Lipinski definition) is 2. The Hall–Kier alpha value is -3.70. The lowest BCUT2D eigenvalue weighted by Crippen LogP contribution is -2.88.